The van der Waals surface area contributed by atoms with E-state index in [-0.39, 0.29) is 5.25 Å². The van der Waals surface area contributed by atoms with Gasteiger partial charge in [-0.1, -0.05) is 6.92 Å². The van der Waals surface area contributed by atoms with Crippen molar-refractivity contribution in [3.05, 3.63) is 17.3 Å². The van der Waals surface area contributed by atoms with Crippen molar-refractivity contribution in [3.8, 4) is 0 Å². The summed E-state index contributed by atoms with van der Waals surface area (Å²) < 4.78 is 31.6. The summed E-state index contributed by atoms with van der Waals surface area (Å²) in [6.07, 6.45) is 2.40. The number of aromatic nitrogens is 1. The van der Waals surface area contributed by atoms with Crippen LogP contribution in [0, 0.1) is 6.92 Å². The van der Waals surface area contributed by atoms with Gasteiger partial charge < -0.3 is 4.42 Å². The van der Waals surface area contributed by atoms with E-state index in [2.05, 4.69) is 9.88 Å². The third kappa shape index (κ3) is 3.64. The molecule has 1 aliphatic rings. The summed E-state index contributed by atoms with van der Waals surface area (Å²) in [6, 6.07) is 0. The van der Waals surface area contributed by atoms with E-state index in [1.165, 1.54) is 4.31 Å². The quantitative estimate of drug-likeness (QED) is 0.822. The van der Waals surface area contributed by atoms with E-state index in [0.29, 0.717) is 13.1 Å². The molecule has 1 aliphatic heterocycles. The Labute approximate surface area is 127 Å². The van der Waals surface area contributed by atoms with Crippen LogP contribution in [0.5, 0.6) is 0 Å². The standard InChI is InChI=1S/C14H25N3O3S/c1-5-14-15-11(2)13(20-14)10-17-8-6-7-12(9-17)21(18,19)16(3)4/h12H,5-10H2,1-4H3. The average Bonchev–Trinajstić information content (AvgIpc) is 2.79. The summed E-state index contributed by atoms with van der Waals surface area (Å²) in [4.78, 5) is 6.53. The van der Waals surface area contributed by atoms with E-state index >= 15 is 0 Å². The average molecular weight is 315 g/mol. The summed E-state index contributed by atoms with van der Waals surface area (Å²) in [5.74, 6) is 1.60. The molecule has 21 heavy (non-hydrogen) atoms. The molecule has 0 N–H and O–H groups in total. The number of hydrogen-bond acceptors (Lipinski definition) is 5. The SMILES string of the molecule is CCc1nc(C)c(CN2CCCC(S(=O)(=O)N(C)C)C2)o1. The molecule has 1 atom stereocenters. The van der Waals surface area contributed by atoms with Crippen LogP contribution in [0.15, 0.2) is 4.42 Å². The summed E-state index contributed by atoms with van der Waals surface area (Å²) in [5.41, 5.74) is 0.907. The van der Waals surface area contributed by atoms with Crippen molar-refractivity contribution in [2.75, 3.05) is 27.2 Å². The lowest BCUT2D eigenvalue weighted by Crippen LogP contribution is -2.45. The molecule has 0 aromatic carbocycles. The Morgan fingerprint density at radius 1 is 1.43 bits per heavy atom. The van der Waals surface area contributed by atoms with Crippen molar-refractivity contribution >= 4 is 10.0 Å². The van der Waals surface area contributed by atoms with Crippen molar-refractivity contribution in [1.29, 1.82) is 0 Å². The van der Waals surface area contributed by atoms with E-state index in [9.17, 15) is 8.42 Å². The van der Waals surface area contributed by atoms with Crippen LogP contribution in [-0.4, -0.2) is 55.0 Å². The van der Waals surface area contributed by atoms with Gasteiger partial charge in [-0.15, -0.1) is 0 Å². The van der Waals surface area contributed by atoms with Gasteiger partial charge in [-0.25, -0.2) is 17.7 Å². The van der Waals surface area contributed by atoms with Gasteiger partial charge in [-0.05, 0) is 26.3 Å². The summed E-state index contributed by atoms with van der Waals surface area (Å²) in [5, 5.41) is -0.324. The molecule has 0 radical (unpaired) electrons. The molecule has 6 nitrogen and oxygen atoms in total. The zero-order chi connectivity index (χ0) is 15.6. The van der Waals surface area contributed by atoms with Gasteiger partial charge in [0.1, 0.15) is 5.76 Å². The van der Waals surface area contributed by atoms with Crippen molar-refractivity contribution < 1.29 is 12.8 Å². The van der Waals surface area contributed by atoms with Crippen LogP contribution >= 0.6 is 0 Å². The molecule has 120 valence electrons. The first-order valence-corrected chi connectivity index (χ1v) is 8.93. The van der Waals surface area contributed by atoms with Gasteiger partial charge in [0.15, 0.2) is 5.89 Å². The van der Waals surface area contributed by atoms with E-state index in [4.69, 9.17) is 4.42 Å². The van der Waals surface area contributed by atoms with Crippen LogP contribution in [-0.2, 0) is 23.0 Å². The molecule has 0 aliphatic carbocycles. The van der Waals surface area contributed by atoms with E-state index in [1.807, 2.05) is 13.8 Å². The largest absolute Gasteiger partial charge is 0.444 e. The van der Waals surface area contributed by atoms with E-state index in [0.717, 1.165) is 43.2 Å². The first-order valence-electron chi connectivity index (χ1n) is 7.43. The zero-order valence-electron chi connectivity index (χ0n) is 13.3. The fourth-order valence-corrected chi connectivity index (χ4v) is 4.15. The number of rotatable bonds is 5. The fourth-order valence-electron chi connectivity index (χ4n) is 2.69. The Morgan fingerprint density at radius 2 is 2.14 bits per heavy atom. The molecular formula is C14H25N3O3S. The predicted molar refractivity (Wildman–Crippen MR) is 81.5 cm³/mol. The monoisotopic (exact) mass is 315 g/mol. The lowest BCUT2D eigenvalue weighted by atomic mass is 10.1. The molecule has 1 fully saturated rings. The van der Waals surface area contributed by atoms with Gasteiger partial charge in [0.25, 0.3) is 0 Å². The number of sulfonamides is 1. The van der Waals surface area contributed by atoms with E-state index in [1.54, 1.807) is 14.1 Å². The molecule has 7 heteroatoms. The lowest BCUT2D eigenvalue weighted by molar-refractivity contribution is 0.202. The number of nitrogens with zero attached hydrogens (tertiary/aromatic N) is 3. The van der Waals surface area contributed by atoms with Crippen LogP contribution in [0.1, 0.15) is 37.1 Å². The topological polar surface area (TPSA) is 66.7 Å². The fraction of sp³-hybridized carbons (Fsp3) is 0.786. The second-order valence-corrected chi connectivity index (χ2v) is 8.22. The maximum absolute atomic E-state index is 12.3. The minimum absolute atomic E-state index is 0.324. The molecule has 2 rings (SSSR count). The first-order chi connectivity index (χ1) is 9.84. The van der Waals surface area contributed by atoms with Crippen molar-refractivity contribution in [2.45, 2.75) is 44.9 Å². The van der Waals surface area contributed by atoms with Crippen molar-refractivity contribution in [1.82, 2.24) is 14.2 Å². The van der Waals surface area contributed by atoms with Gasteiger partial charge in [-0.2, -0.15) is 0 Å². The Balaban J connectivity index is 2.06. The highest BCUT2D eigenvalue weighted by Crippen LogP contribution is 2.22. The van der Waals surface area contributed by atoms with Crippen LogP contribution in [0.2, 0.25) is 0 Å². The predicted octanol–water partition coefficient (Wildman–Crippen LogP) is 1.40. The molecule has 1 unspecified atom stereocenters. The molecule has 2 heterocycles. The van der Waals surface area contributed by atoms with Crippen LogP contribution in [0.4, 0.5) is 0 Å². The smallest absolute Gasteiger partial charge is 0.217 e. The number of likely N-dealkylation sites (tertiary alicyclic amines) is 1. The number of hydrogen-bond donors (Lipinski definition) is 0. The lowest BCUT2D eigenvalue weighted by Gasteiger charge is -2.33. The van der Waals surface area contributed by atoms with Gasteiger partial charge in [0, 0.05) is 27.1 Å². The van der Waals surface area contributed by atoms with Crippen LogP contribution in [0.25, 0.3) is 0 Å². The molecule has 0 bridgehead atoms. The third-order valence-corrected chi connectivity index (χ3v) is 6.24. The van der Waals surface area contributed by atoms with Gasteiger partial charge in [0.2, 0.25) is 10.0 Å². The molecular weight excluding hydrogens is 290 g/mol. The molecule has 1 aromatic rings. The number of aryl methyl sites for hydroxylation is 2. The second-order valence-electron chi connectivity index (χ2n) is 5.80. The maximum atomic E-state index is 12.3. The van der Waals surface area contributed by atoms with Crippen molar-refractivity contribution in [3.63, 3.8) is 0 Å². The maximum Gasteiger partial charge on any atom is 0.217 e. The zero-order valence-corrected chi connectivity index (χ0v) is 14.1. The van der Waals surface area contributed by atoms with Gasteiger partial charge in [0.05, 0.1) is 17.5 Å². The highest BCUT2D eigenvalue weighted by Gasteiger charge is 2.32. The Bertz CT molecular complexity index is 580. The second kappa shape index (κ2) is 6.46. The molecule has 0 amide bonds. The first kappa shape index (κ1) is 16.5. The summed E-state index contributed by atoms with van der Waals surface area (Å²) in [6.45, 7) is 6.05. The van der Waals surface area contributed by atoms with E-state index < -0.39 is 10.0 Å². The number of oxazole rings is 1. The Hall–Kier alpha value is -0.920. The van der Waals surface area contributed by atoms with Crippen LogP contribution < -0.4 is 0 Å². The Kier molecular flexibility index (Phi) is 5.06. The Morgan fingerprint density at radius 3 is 2.71 bits per heavy atom. The minimum atomic E-state index is -3.19. The highest BCUT2D eigenvalue weighted by atomic mass is 32.2. The molecule has 1 saturated heterocycles. The summed E-state index contributed by atoms with van der Waals surface area (Å²) in [7, 11) is 0.00991. The summed E-state index contributed by atoms with van der Waals surface area (Å²) >= 11 is 0. The van der Waals surface area contributed by atoms with Crippen molar-refractivity contribution in [2.24, 2.45) is 0 Å². The molecule has 0 spiro atoms. The number of piperidine rings is 1. The van der Waals surface area contributed by atoms with Gasteiger partial charge >= 0.3 is 0 Å². The van der Waals surface area contributed by atoms with Crippen LogP contribution in [0.3, 0.4) is 0 Å². The highest BCUT2D eigenvalue weighted by molar-refractivity contribution is 7.89. The normalized spacial score (nSPS) is 21.1. The van der Waals surface area contributed by atoms with Gasteiger partial charge in [-0.3, -0.25) is 4.90 Å². The minimum Gasteiger partial charge on any atom is -0.444 e. The molecule has 0 saturated carbocycles. The third-order valence-electron chi connectivity index (χ3n) is 4.00. The molecule has 1 aromatic heterocycles.